The fourth-order valence-electron chi connectivity index (χ4n) is 2.68. The van der Waals surface area contributed by atoms with Gasteiger partial charge in [-0.2, -0.15) is 0 Å². The molecule has 110 valence electrons. The molecule has 0 saturated carbocycles. The Bertz CT molecular complexity index is 424. The van der Waals surface area contributed by atoms with Gasteiger partial charge in [0.2, 0.25) is 0 Å². The number of unbranched alkanes of at least 4 members (excludes halogenated alkanes) is 3. The molecule has 1 saturated heterocycles. The fourth-order valence-corrected chi connectivity index (χ4v) is 3.34. The van der Waals surface area contributed by atoms with Crippen LogP contribution in [0, 0.1) is 0 Å². The van der Waals surface area contributed by atoms with Gasteiger partial charge in [-0.05, 0) is 12.0 Å². The van der Waals surface area contributed by atoms with Gasteiger partial charge in [-0.25, -0.2) is 4.79 Å². The van der Waals surface area contributed by atoms with Crippen molar-refractivity contribution >= 4 is 28.7 Å². The molecule has 1 aliphatic rings. The number of benzene rings is 1. The van der Waals surface area contributed by atoms with Gasteiger partial charge in [0.1, 0.15) is 6.10 Å². The minimum atomic E-state index is -0.156. The number of cyclic esters (lactones) is 1. The van der Waals surface area contributed by atoms with Crippen molar-refractivity contribution in [3.05, 3.63) is 35.9 Å². The second-order valence-corrected chi connectivity index (χ2v) is 6.07. The Balaban J connectivity index is 2.08. The molecule has 0 aromatic heterocycles. The van der Waals surface area contributed by atoms with E-state index in [2.05, 4.69) is 41.6 Å². The van der Waals surface area contributed by atoms with Crippen molar-refractivity contribution in [1.82, 2.24) is 4.90 Å². The molecule has 1 aromatic rings. The highest BCUT2D eigenvalue weighted by Crippen LogP contribution is 2.34. The number of hydrogen-bond acceptors (Lipinski definition) is 2. The maximum Gasteiger partial charge on any atom is 0.410 e. The van der Waals surface area contributed by atoms with Crippen LogP contribution in [0.2, 0.25) is 0 Å². The summed E-state index contributed by atoms with van der Waals surface area (Å²) in [6.45, 7) is 2.99. The Labute approximate surface area is 134 Å². The Hall–Kier alpha value is -0.780. The van der Waals surface area contributed by atoms with Crippen molar-refractivity contribution in [1.29, 1.82) is 0 Å². The lowest BCUT2D eigenvalue weighted by atomic mass is 10.0. The number of amides is 1. The van der Waals surface area contributed by atoms with Gasteiger partial charge < -0.3 is 4.74 Å². The van der Waals surface area contributed by atoms with Crippen molar-refractivity contribution in [3.8, 4) is 0 Å². The molecule has 2 rings (SSSR count). The number of halogens is 1. The van der Waals surface area contributed by atoms with Gasteiger partial charge in [0.15, 0.2) is 0 Å². The molecule has 0 N–H and O–H groups in total. The summed E-state index contributed by atoms with van der Waals surface area (Å²) in [6, 6.07) is 10.3. The molecule has 4 heteroatoms. The zero-order valence-electron chi connectivity index (χ0n) is 11.9. The van der Waals surface area contributed by atoms with Crippen LogP contribution in [0.15, 0.2) is 30.3 Å². The first-order valence-corrected chi connectivity index (χ1v) is 8.88. The second kappa shape index (κ2) is 7.86. The van der Waals surface area contributed by atoms with E-state index in [0.29, 0.717) is 0 Å². The summed E-state index contributed by atoms with van der Waals surface area (Å²) in [6.07, 6.45) is 4.49. The van der Waals surface area contributed by atoms with Crippen molar-refractivity contribution in [2.24, 2.45) is 0 Å². The predicted molar refractivity (Wildman–Crippen MR) is 89.2 cm³/mol. The lowest BCUT2D eigenvalue weighted by molar-refractivity contribution is 0.139. The monoisotopic (exact) mass is 387 g/mol. The van der Waals surface area contributed by atoms with Crippen LogP contribution in [-0.2, 0) is 4.74 Å². The largest absolute Gasteiger partial charge is 0.443 e. The molecule has 0 aliphatic carbocycles. The third-order valence-electron chi connectivity index (χ3n) is 3.72. The summed E-state index contributed by atoms with van der Waals surface area (Å²) in [4.78, 5) is 14.0. The van der Waals surface area contributed by atoms with Crippen molar-refractivity contribution in [2.45, 2.75) is 44.8 Å². The summed E-state index contributed by atoms with van der Waals surface area (Å²) in [7, 11) is 0. The molecule has 1 amide bonds. The summed E-state index contributed by atoms with van der Waals surface area (Å²) >= 11 is 2.30. The third kappa shape index (κ3) is 3.65. The fraction of sp³-hybridized carbons (Fsp3) is 0.562. The minimum absolute atomic E-state index is 0.0309. The molecular weight excluding hydrogens is 365 g/mol. The quantitative estimate of drug-likeness (QED) is 0.390. The molecule has 1 heterocycles. The van der Waals surface area contributed by atoms with Gasteiger partial charge in [-0.1, -0.05) is 79.1 Å². The first-order valence-electron chi connectivity index (χ1n) is 7.36. The van der Waals surface area contributed by atoms with Gasteiger partial charge in [0.25, 0.3) is 0 Å². The topological polar surface area (TPSA) is 29.5 Å². The molecule has 3 nitrogen and oxygen atoms in total. The van der Waals surface area contributed by atoms with Crippen molar-refractivity contribution < 1.29 is 9.53 Å². The number of carbonyl (C=O) groups excluding carboxylic acids is 1. The normalized spacial score (nSPS) is 22.1. The summed E-state index contributed by atoms with van der Waals surface area (Å²) in [5.74, 6) is 0. The summed E-state index contributed by atoms with van der Waals surface area (Å²) in [5, 5.41) is 0. The van der Waals surface area contributed by atoms with Crippen LogP contribution in [0.25, 0.3) is 0 Å². The maximum absolute atomic E-state index is 12.1. The molecular formula is C16H22INO2. The van der Waals surface area contributed by atoms with Gasteiger partial charge in [0.05, 0.1) is 6.04 Å². The van der Waals surface area contributed by atoms with E-state index in [0.717, 1.165) is 17.4 Å². The zero-order chi connectivity index (χ0) is 14.4. The highest BCUT2D eigenvalue weighted by molar-refractivity contribution is 14.1. The molecule has 1 aromatic carbocycles. The molecule has 20 heavy (non-hydrogen) atoms. The third-order valence-corrected chi connectivity index (χ3v) is 4.59. The van der Waals surface area contributed by atoms with Crippen LogP contribution in [0.4, 0.5) is 4.79 Å². The Morgan fingerprint density at radius 3 is 2.60 bits per heavy atom. The Morgan fingerprint density at radius 2 is 1.95 bits per heavy atom. The number of nitrogens with zero attached hydrogens (tertiary/aromatic N) is 1. The molecule has 0 bridgehead atoms. The van der Waals surface area contributed by atoms with Crippen LogP contribution in [0.1, 0.15) is 44.2 Å². The number of rotatable bonds is 7. The highest BCUT2D eigenvalue weighted by Gasteiger charge is 2.41. The van der Waals surface area contributed by atoms with Crippen LogP contribution >= 0.6 is 22.6 Å². The Morgan fingerprint density at radius 1 is 1.20 bits per heavy atom. The minimum Gasteiger partial charge on any atom is -0.443 e. The van der Waals surface area contributed by atoms with E-state index >= 15 is 0 Å². The van der Waals surface area contributed by atoms with E-state index in [9.17, 15) is 4.79 Å². The summed E-state index contributed by atoms with van der Waals surface area (Å²) in [5.41, 5.74) is 1.18. The standard InChI is InChI=1S/C16H22INO2/c1-2-3-4-8-11-18-15(13-9-6-5-7-10-13)14(12-17)20-16(18)19/h5-7,9-10,14-15H,2-4,8,11-12H2,1H3/t14-,15+/m0/s1. The second-order valence-electron chi connectivity index (χ2n) is 5.19. The van der Waals surface area contributed by atoms with Crippen molar-refractivity contribution in [3.63, 3.8) is 0 Å². The number of hydrogen-bond donors (Lipinski definition) is 0. The molecule has 1 aliphatic heterocycles. The average molecular weight is 387 g/mol. The Kier molecular flexibility index (Phi) is 6.13. The van der Waals surface area contributed by atoms with Crippen LogP contribution in [0.5, 0.6) is 0 Å². The van der Waals surface area contributed by atoms with E-state index in [1.807, 2.05) is 23.1 Å². The van der Waals surface area contributed by atoms with E-state index in [1.54, 1.807) is 0 Å². The summed E-state index contributed by atoms with van der Waals surface area (Å²) < 4.78 is 6.35. The lowest BCUT2D eigenvalue weighted by Gasteiger charge is -2.24. The van der Waals surface area contributed by atoms with Crippen LogP contribution in [0.3, 0.4) is 0 Å². The zero-order valence-corrected chi connectivity index (χ0v) is 14.1. The van der Waals surface area contributed by atoms with Gasteiger partial charge in [0, 0.05) is 11.0 Å². The van der Waals surface area contributed by atoms with Crippen LogP contribution in [-0.4, -0.2) is 28.1 Å². The van der Waals surface area contributed by atoms with Gasteiger partial charge in [-0.15, -0.1) is 0 Å². The van der Waals surface area contributed by atoms with E-state index < -0.39 is 0 Å². The maximum atomic E-state index is 12.1. The highest BCUT2D eigenvalue weighted by atomic mass is 127. The molecule has 0 radical (unpaired) electrons. The molecule has 1 fully saturated rings. The van der Waals surface area contributed by atoms with E-state index in [4.69, 9.17) is 4.74 Å². The molecule has 0 unspecified atom stereocenters. The molecule has 2 atom stereocenters. The predicted octanol–water partition coefficient (Wildman–Crippen LogP) is 4.56. The number of alkyl halides is 1. The van der Waals surface area contributed by atoms with E-state index in [-0.39, 0.29) is 18.2 Å². The first kappa shape index (κ1) is 15.6. The smallest absolute Gasteiger partial charge is 0.410 e. The van der Waals surface area contributed by atoms with Gasteiger partial charge in [-0.3, -0.25) is 4.90 Å². The lowest BCUT2D eigenvalue weighted by Crippen LogP contribution is -2.31. The SMILES string of the molecule is CCCCCCN1C(=O)O[C@@H](CI)[C@H]1c1ccccc1. The van der Waals surface area contributed by atoms with Gasteiger partial charge >= 0.3 is 6.09 Å². The van der Waals surface area contributed by atoms with Crippen LogP contribution < -0.4 is 0 Å². The van der Waals surface area contributed by atoms with Crippen molar-refractivity contribution in [2.75, 3.05) is 11.0 Å². The number of ether oxygens (including phenoxy) is 1. The average Bonchev–Trinajstić information content (AvgIpc) is 2.81. The number of carbonyl (C=O) groups is 1. The first-order chi connectivity index (χ1) is 9.77. The van der Waals surface area contributed by atoms with E-state index in [1.165, 1.54) is 24.8 Å². The molecule has 0 spiro atoms.